The molecule has 2 aliphatic heterocycles. The highest BCUT2D eigenvalue weighted by Gasteiger charge is 2.42. The van der Waals surface area contributed by atoms with E-state index in [2.05, 4.69) is 28.6 Å². The maximum absolute atomic E-state index is 11.8. The highest BCUT2D eigenvalue weighted by Crippen LogP contribution is 2.33. The van der Waals surface area contributed by atoms with E-state index in [0.29, 0.717) is 63.6 Å². The van der Waals surface area contributed by atoms with Crippen LogP contribution in [-0.2, 0) is 19.0 Å². The van der Waals surface area contributed by atoms with Gasteiger partial charge in [0.15, 0.2) is 0 Å². The fourth-order valence-electron chi connectivity index (χ4n) is 3.23. The minimum Gasteiger partial charge on any atom is -0.378 e. The summed E-state index contributed by atoms with van der Waals surface area (Å²) in [6, 6.07) is 0.461. The normalized spacial score (nSPS) is 23.3. The first-order chi connectivity index (χ1) is 13.7. The molecule has 0 radical (unpaired) electrons. The first kappa shape index (κ1) is 23.6. The van der Waals surface area contributed by atoms with Crippen LogP contribution in [0.5, 0.6) is 0 Å². The summed E-state index contributed by atoms with van der Waals surface area (Å²) in [6.45, 7) is 3.80. The molecule has 0 bridgehead atoms. The highest BCUT2D eigenvalue weighted by atomic mass is 32.2. The molecular formula is C18H33N3O5S2. The van der Waals surface area contributed by atoms with Gasteiger partial charge in [0, 0.05) is 29.7 Å². The third-order valence-electron chi connectivity index (χ3n) is 4.63. The topological polar surface area (TPSA) is 97.9 Å². The highest BCUT2D eigenvalue weighted by molar-refractivity contribution is 8.00. The van der Waals surface area contributed by atoms with Gasteiger partial charge in [-0.15, -0.1) is 0 Å². The number of amides is 3. The number of hydrogen-bond acceptors (Lipinski definition) is 7. The molecule has 2 saturated heterocycles. The lowest BCUT2D eigenvalue weighted by atomic mass is 10.0. The van der Waals surface area contributed by atoms with Crippen molar-refractivity contribution in [3.05, 3.63) is 0 Å². The Hall–Kier alpha value is -0.680. The van der Waals surface area contributed by atoms with E-state index in [1.54, 1.807) is 0 Å². The molecule has 28 heavy (non-hydrogen) atoms. The van der Waals surface area contributed by atoms with Crippen LogP contribution in [0.1, 0.15) is 25.7 Å². The summed E-state index contributed by atoms with van der Waals surface area (Å²) in [4.78, 5) is 23.2. The summed E-state index contributed by atoms with van der Waals surface area (Å²) >= 11 is 5.96. The van der Waals surface area contributed by atoms with Gasteiger partial charge >= 0.3 is 6.03 Å². The molecule has 0 aliphatic carbocycles. The summed E-state index contributed by atoms with van der Waals surface area (Å²) in [5.74, 6) is 1.75. The third kappa shape index (κ3) is 9.21. The van der Waals surface area contributed by atoms with Crippen LogP contribution in [0.4, 0.5) is 4.79 Å². The first-order valence-corrected chi connectivity index (χ1v) is 11.7. The maximum atomic E-state index is 11.8. The lowest BCUT2D eigenvalue weighted by Crippen LogP contribution is -2.36. The van der Waals surface area contributed by atoms with Gasteiger partial charge in [-0.25, -0.2) is 4.79 Å². The summed E-state index contributed by atoms with van der Waals surface area (Å²) in [5.41, 5.74) is 0. The molecule has 3 N–H and O–H groups in total. The molecule has 8 nitrogen and oxygen atoms in total. The van der Waals surface area contributed by atoms with E-state index < -0.39 is 0 Å². The van der Waals surface area contributed by atoms with E-state index in [9.17, 15) is 9.59 Å². The van der Waals surface area contributed by atoms with Gasteiger partial charge in [0.25, 0.3) is 0 Å². The molecule has 2 heterocycles. The molecule has 0 unspecified atom stereocenters. The third-order valence-corrected chi connectivity index (χ3v) is 6.32. The SMILES string of the molecule is O=C(CCCC[C@@H]1SC[C@@H]2NC(=O)N[C@@H]21)NCCOCCOCCOCCS. The number of urea groups is 1. The number of rotatable bonds is 16. The van der Waals surface area contributed by atoms with Crippen LogP contribution in [0.25, 0.3) is 0 Å². The van der Waals surface area contributed by atoms with Crippen molar-refractivity contribution in [1.29, 1.82) is 0 Å². The average Bonchev–Trinajstić information content (AvgIpc) is 3.22. The Morgan fingerprint density at radius 2 is 1.79 bits per heavy atom. The number of thiol groups is 1. The number of hydrogen-bond donors (Lipinski definition) is 4. The molecule has 10 heteroatoms. The lowest BCUT2D eigenvalue weighted by molar-refractivity contribution is -0.121. The molecule has 162 valence electrons. The smallest absolute Gasteiger partial charge is 0.315 e. The average molecular weight is 436 g/mol. The molecule has 0 aromatic carbocycles. The predicted octanol–water partition coefficient (Wildman–Crippen LogP) is 0.808. The fourth-order valence-corrected chi connectivity index (χ4v) is 4.90. The van der Waals surface area contributed by atoms with Gasteiger partial charge in [-0.05, 0) is 12.8 Å². The van der Waals surface area contributed by atoms with Crippen molar-refractivity contribution in [2.75, 3.05) is 57.7 Å². The molecule has 2 aliphatic rings. The van der Waals surface area contributed by atoms with Crippen LogP contribution in [0, 0.1) is 0 Å². The zero-order chi connectivity index (χ0) is 20.0. The van der Waals surface area contributed by atoms with Crippen molar-refractivity contribution < 1.29 is 23.8 Å². The summed E-state index contributed by atoms with van der Waals surface area (Å²) in [5, 5.41) is 9.27. The van der Waals surface area contributed by atoms with Crippen LogP contribution < -0.4 is 16.0 Å². The Balaban J connectivity index is 1.34. The monoisotopic (exact) mass is 435 g/mol. The van der Waals surface area contributed by atoms with Crippen molar-refractivity contribution in [1.82, 2.24) is 16.0 Å². The summed E-state index contributed by atoms with van der Waals surface area (Å²) in [7, 11) is 0. The Bertz CT molecular complexity index is 473. The molecule has 3 atom stereocenters. The number of ether oxygens (including phenoxy) is 3. The van der Waals surface area contributed by atoms with Gasteiger partial charge in [-0.3, -0.25) is 4.79 Å². The molecule has 0 spiro atoms. The Kier molecular flexibility index (Phi) is 12.1. The standard InChI is InChI=1S/C18H33N3O5S2/c22-16(19-5-6-24-7-8-25-9-10-26-11-12-27)4-2-1-3-15-17-14(13-28-15)20-18(23)21-17/h14-15,17,27H,1-13H2,(H,19,22)(H2,20,21,23)/t14-,15-,17-/m0/s1. The molecule has 3 amide bonds. The van der Waals surface area contributed by atoms with E-state index in [1.807, 2.05) is 11.8 Å². The zero-order valence-electron chi connectivity index (χ0n) is 16.3. The molecule has 0 aromatic rings. The van der Waals surface area contributed by atoms with E-state index in [1.165, 1.54) is 0 Å². The largest absolute Gasteiger partial charge is 0.378 e. The fraction of sp³-hybridized carbons (Fsp3) is 0.889. The zero-order valence-corrected chi connectivity index (χ0v) is 18.0. The molecule has 2 rings (SSSR count). The van der Waals surface area contributed by atoms with Crippen molar-refractivity contribution in [3.63, 3.8) is 0 Å². The van der Waals surface area contributed by atoms with Gasteiger partial charge in [0.1, 0.15) is 0 Å². The predicted molar refractivity (Wildman–Crippen MR) is 113 cm³/mol. The second kappa shape index (κ2) is 14.3. The maximum Gasteiger partial charge on any atom is 0.315 e. The van der Waals surface area contributed by atoms with Crippen LogP contribution >= 0.6 is 24.4 Å². The molecule has 0 aromatic heterocycles. The number of carbonyl (C=O) groups is 2. The van der Waals surface area contributed by atoms with Crippen LogP contribution in [0.15, 0.2) is 0 Å². The van der Waals surface area contributed by atoms with Crippen molar-refractivity contribution in [2.24, 2.45) is 0 Å². The van der Waals surface area contributed by atoms with E-state index >= 15 is 0 Å². The van der Waals surface area contributed by atoms with Gasteiger partial charge in [-0.1, -0.05) is 6.42 Å². The number of nitrogens with one attached hydrogen (secondary N) is 3. The Labute approximate surface area is 177 Å². The van der Waals surface area contributed by atoms with Crippen molar-refractivity contribution >= 4 is 36.3 Å². The van der Waals surface area contributed by atoms with Gasteiger partial charge in [-0.2, -0.15) is 24.4 Å². The first-order valence-electron chi connectivity index (χ1n) is 10.00. The number of unbranched alkanes of at least 4 members (excludes halogenated alkanes) is 1. The second-order valence-corrected chi connectivity index (χ2v) is 8.50. The Morgan fingerprint density at radius 3 is 2.54 bits per heavy atom. The van der Waals surface area contributed by atoms with Gasteiger partial charge in [0.2, 0.25) is 5.91 Å². The number of fused-ring (bicyclic) bond motifs is 1. The molecule has 2 fully saturated rings. The van der Waals surface area contributed by atoms with Crippen LogP contribution in [0.3, 0.4) is 0 Å². The molecular weight excluding hydrogens is 402 g/mol. The van der Waals surface area contributed by atoms with Crippen LogP contribution in [-0.4, -0.2) is 87.0 Å². The number of carbonyl (C=O) groups excluding carboxylic acids is 2. The van der Waals surface area contributed by atoms with E-state index in [0.717, 1.165) is 25.0 Å². The second-order valence-electron chi connectivity index (χ2n) is 6.78. The van der Waals surface area contributed by atoms with Crippen molar-refractivity contribution in [3.8, 4) is 0 Å². The Morgan fingerprint density at radius 1 is 1.07 bits per heavy atom. The minimum absolute atomic E-state index is 0.0493. The van der Waals surface area contributed by atoms with Gasteiger partial charge < -0.3 is 30.2 Å². The van der Waals surface area contributed by atoms with E-state index in [4.69, 9.17) is 14.2 Å². The lowest BCUT2D eigenvalue weighted by Gasteiger charge is -2.16. The molecule has 0 saturated carbocycles. The summed E-state index contributed by atoms with van der Waals surface area (Å²) < 4.78 is 16.0. The van der Waals surface area contributed by atoms with Gasteiger partial charge in [0.05, 0.1) is 51.7 Å². The van der Waals surface area contributed by atoms with Crippen LogP contribution in [0.2, 0.25) is 0 Å². The summed E-state index contributed by atoms with van der Waals surface area (Å²) in [6.07, 6.45) is 3.43. The van der Waals surface area contributed by atoms with Crippen molar-refractivity contribution in [2.45, 2.75) is 43.0 Å². The minimum atomic E-state index is -0.0493. The number of thioether (sulfide) groups is 1. The quantitative estimate of drug-likeness (QED) is 0.163. The van der Waals surface area contributed by atoms with E-state index in [-0.39, 0.29) is 24.0 Å².